The number of ether oxygens (including phenoxy) is 1. The predicted molar refractivity (Wildman–Crippen MR) is 102 cm³/mol. The Morgan fingerprint density at radius 2 is 2.00 bits per heavy atom. The van der Waals surface area contributed by atoms with Crippen molar-refractivity contribution in [2.75, 3.05) is 29.5 Å². The van der Waals surface area contributed by atoms with E-state index >= 15 is 0 Å². The normalized spacial score (nSPS) is 15.1. The minimum absolute atomic E-state index is 0.135. The summed E-state index contributed by atoms with van der Waals surface area (Å²) in [5.41, 5.74) is 2.64. The van der Waals surface area contributed by atoms with Gasteiger partial charge in [0.25, 0.3) is 0 Å². The average Bonchev–Trinajstić information content (AvgIpc) is 3.05. The lowest BCUT2D eigenvalue weighted by atomic mass is 10.1. The van der Waals surface area contributed by atoms with Crippen LogP contribution in [-0.2, 0) is 0 Å². The van der Waals surface area contributed by atoms with Crippen LogP contribution in [0, 0.1) is 0 Å². The van der Waals surface area contributed by atoms with E-state index in [4.69, 9.17) is 4.74 Å². The number of anilines is 1. The van der Waals surface area contributed by atoms with Gasteiger partial charge in [-0.1, -0.05) is 0 Å². The van der Waals surface area contributed by atoms with Crippen molar-refractivity contribution in [2.45, 2.75) is 20.0 Å². The molecule has 3 aromatic rings. The standard InChI is InChI=1S/C18H21N5OS/c1-12(2)24-13-3-4-15-14(9-13)18(22-21-15)16-10-17(20-11-19-16)23-5-7-25-8-6-23/h3-4,9-12H,5-8H2,1-2H3,(H,21,22). The minimum atomic E-state index is 0.135. The number of hydrogen-bond donors (Lipinski definition) is 1. The predicted octanol–water partition coefficient (Wildman–Crippen LogP) is 3.36. The quantitative estimate of drug-likeness (QED) is 0.774. The largest absolute Gasteiger partial charge is 0.491 e. The number of hydrogen-bond acceptors (Lipinski definition) is 6. The third kappa shape index (κ3) is 3.42. The van der Waals surface area contributed by atoms with Gasteiger partial charge in [-0.15, -0.1) is 0 Å². The van der Waals surface area contributed by atoms with Crippen molar-refractivity contribution in [1.82, 2.24) is 20.2 Å². The second-order valence-electron chi connectivity index (χ2n) is 6.31. The molecular formula is C18H21N5OS. The van der Waals surface area contributed by atoms with Gasteiger partial charge < -0.3 is 9.64 Å². The van der Waals surface area contributed by atoms with Crippen molar-refractivity contribution in [3.8, 4) is 17.1 Å². The molecule has 2 aromatic heterocycles. The maximum Gasteiger partial charge on any atom is 0.132 e. The van der Waals surface area contributed by atoms with Crippen LogP contribution < -0.4 is 9.64 Å². The third-order valence-electron chi connectivity index (χ3n) is 4.14. The first-order chi connectivity index (χ1) is 12.2. The fraction of sp³-hybridized carbons (Fsp3) is 0.389. The molecule has 25 heavy (non-hydrogen) atoms. The van der Waals surface area contributed by atoms with Gasteiger partial charge in [-0.25, -0.2) is 9.97 Å². The summed E-state index contributed by atoms with van der Waals surface area (Å²) >= 11 is 1.99. The van der Waals surface area contributed by atoms with Crippen molar-refractivity contribution in [3.05, 3.63) is 30.6 Å². The third-order valence-corrected chi connectivity index (χ3v) is 5.08. The highest BCUT2D eigenvalue weighted by Crippen LogP contribution is 2.30. The number of aromatic amines is 1. The Morgan fingerprint density at radius 1 is 1.16 bits per heavy atom. The van der Waals surface area contributed by atoms with E-state index in [1.807, 2.05) is 49.9 Å². The zero-order valence-corrected chi connectivity index (χ0v) is 15.2. The number of nitrogens with one attached hydrogen (secondary N) is 1. The fourth-order valence-corrected chi connectivity index (χ4v) is 3.88. The van der Waals surface area contributed by atoms with Crippen LogP contribution >= 0.6 is 11.8 Å². The summed E-state index contributed by atoms with van der Waals surface area (Å²) in [4.78, 5) is 11.2. The first-order valence-corrected chi connectivity index (χ1v) is 9.66. The molecule has 0 amide bonds. The zero-order valence-electron chi connectivity index (χ0n) is 14.4. The molecule has 0 saturated carbocycles. The lowest BCUT2D eigenvalue weighted by molar-refractivity contribution is 0.243. The fourth-order valence-electron chi connectivity index (χ4n) is 2.98. The van der Waals surface area contributed by atoms with E-state index in [1.165, 1.54) is 0 Å². The van der Waals surface area contributed by atoms with Crippen LogP contribution in [0.3, 0.4) is 0 Å². The summed E-state index contributed by atoms with van der Waals surface area (Å²) in [6, 6.07) is 8.00. The molecule has 0 unspecified atom stereocenters. The van der Waals surface area contributed by atoms with Gasteiger partial charge in [-0.2, -0.15) is 16.9 Å². The van der Waals surface area contributed by atoms with Crippen LogP contribution in [0.4, 0.5) is 5.82 Å². The molecule has 1 fully saturated rings. The number of H-pyrrole nitrogens is 1. The molecule has 0 bridgehead atoms. The molecule has 6 nitrogen and oxygen atoms in total. The summed E-state index contributed by atoms with van der Waals surface area (Å²) in [6.45, 7) is 6.09. The molecule has 4 rings (SSSR count). The van der Waals surface area contributed by atoms with Crippen molar-refractivity contribution < 1.29 is 4.74 Å². The molecule has 1 N–H and O–H groups in total. The highest BCUT2D eigenvalue weighted by Gasteiger charge is 2.16. The molecule has 0 atom stereocenters. The SMILES string of the molecule is CC(C)Oc1ccc2[nH]nc(-c3cc(N4CCSCC4)ncn3)c2c1. The van der Waals surface area contributed by atoms with Crippen molar-refractivity contribution >= 4 is 28.5 Å². The summed E-state index contributed by atoms with van der Waals surface area (Å²) in [5, 5.41) is 8.57. The Hall–Kier alpha value is -2.28. The Morgan fingerprint density at radius 3 is 2.80 bits per heavy atom. The van der Waals surface area contributed by atoms with Crippen molar-refractivity contribution in [3.63, 3.8) is 0 Å². The lowest BCUT2D eigenvalue weighted by Gasteiger charge is -2.27. The van der Waals surface area contributed by atoms with Gasteiger partial charge in [0.05, 0.1) is 17.3 Å². The number of nitrogens with zero attached hydrogens (tertiary/aromatic N) is 4. The number of fused-ring (bicyclic) bond motifs is 1. The number of benzene rings is 1. The van der Waals surface area contributed by atoms with E-state index < -0.39 is 0 Å². The van der Waals surface area contributed by atoms with Gasteiger partial charge in [0, 0.05) is 36.0 Å². The van der Waals surface area contributed by atoms with E-state index in [0.717, 1.165) is 58.5 Å². The van der Waals surface area contributed by atoms with Gasteiger partial charge in [0.15, 0.2) is 0 Å². The maximum absolute atomic E-state index is 5.82. The highest BCUT2D eigenvalue weighted by molar-refractivity contribution is 7.99. The van der Waals surface area contributed by atoms with Crippen LogP contribution in [-0.4, -0.2) is 50.9 Å². The van der Waals surface area contributed by atoms with Crippen LogP contribution in [0.25, 0.3) is 22.3 Å². The first kappa shape index (κ1) is 16.2. The van der Waals surface area contributed by atoms with Crippen LogP contribution in [0.1, 0.15) is 13.8 Å². The maximum atomic E-state index is 5.82. The van der Waals surface area contributed by atoms with E-state index in [1.54, 1.807) is 6.33 Å². The topological polar surface area (TPSA) is 66.9 Å². The molecule has 1 aliphatic rings. The van der Waals surface area contributed by atoms with E-state index in [0.29, 0.717) is 0 Å². The average molecular weight is 355 g/mol. The zero-order chi connectivity index (χ0) is 17.2. The monoisotopic (exact) mass is 355 g/mol. The molecule has 3 heterocycles. The van der Waals surface area contributed by atoms with Gasteiger partial charge in [-0.3, -0.25) is 5.10 Å². The second-order valence-corrected chi connectivity index (χ2v) is 7.53. The van der Waals surface area contributed by atoms with Crippen LogP contribution in [0.2, 0.25) is 0 Å². The van der Waals surface area contributed by atoms with Crippen molar-refractivity contribution in [2.24, 2.45) is 0 Å². The molecule has 1 aliphatic heterocycles. The Bertz CT molecular complexity index is 873. The van der Waals surface area contributed by atoms with E-state index in [9.17, 15) is 0 Å². The summed E-state index contributed by atoms with van der Waals surface area (Å²) in [7, 11) is 0. The molecule has 0 radical (unpaired) electrons. The van der Waals surface area contributed by atoms with Gasteiger partial charge in [0.2, 0.25) is 0 Å². The molecule has 130 valence electrons. The van der Waals surface area contributed by atoms with E-state index in [-0.39, 0.29) is 6.10 Å². The molecule has 0 aliphatic carbocycles. The van der Waals surface area contributed by atoms with Gasteiger partial charge in [-0.05, 0) is 32.0 Å². The van der Waals surface area contributed by atoms with Gasteiger partial charge in [0.1, 0.15) is 23.6 Å². The second kappa shape index (κ2) is 6.92. The Kier molecular flexibility index (Phi) is 4.48. The smallest absolute Gasteiger partial charge is 0.132 e. The minimum Gasteiger partial charge on any atom is -0.491 e. The number of rotatable bonds is 4. The number of thioether (sulfide) groups is 1. The van der Waals surface area contributed by atoms with Crippen molar-refractivity contribution in [1.29, 1.82) is 0 Å². The highest BCUT2D eigenvalue weighted by atomic mass is 32.2. The lowest BCUT2D eigenvalue weighted by Crippen LogP contribution is -2.33. The molecule has 0 spiro atoms. The molecule has 7 heteroatoms. The molecular weight excluding hydrogens is 334 g/mol. The summed E-state index contributed by atoms with van der Waals surface area (Å²) in [6.07, 6.45) is 1.76. The Balaban J connectivity index is 1.71. The number of aromatic nitrogens is 4. The summed E-state index contributed by atoms with van der Waals surface area (Å²) < 4.78 is 5.82. The first-order valence-electron chi connectivity index (χ1n) is 8.50. The Labute approximate surface area is 151 Å². The summed E-state index contributed by atoms with van der Waals surface area (Å²) in [5.74, 6) is 4.09. The van der Waals surface area contributed by atoms with Crippen LogP contribution in [0.5, 0.6) is 5.75 Å². The van der Waals surface area contributed by atoms with E-state index in [2.05, 4.69) is 25.1 Å². The molecule has 1 aromatic carbocycles. The molecule has 1 saturated heterocycles. The van der Waals surface area contributed by atoms with Crippen LogP contribution in [0.15, 0.2) is 30.6 Å². The van der Waals surface area contributed by atoms with Gasteiger partial charge >= 0.3 is 0 Å².